The van der Waals surface area contributed by atoms with Crippen molar-refractivity contribution in [2.45, 2.75) is 26.7 Å². The summed E-state index contributed by atoms with van der Waals surface area (Å²) in [6.07, 6.45) is 12.1. The van der Waals surface area contributed by atoms with Gasteiger partial charge in [-0.15, -0.1) is 0 Å². The molecule has 0 amide bonds. The van der Waals surface area contributed by atoms with E-state index in [1.54, 1.807) is 0 Å². The lowest BCUT2D eigenvalue weighted by Crippen LogP contribution is -2.33. The van der Waals surface area contributed by atoms with E-state index in [0.29, 0.717) is 0 Å². The van der Waals surface area contributed by atoms with Gasteiger partial charge in [-0.25, -0.2) is 0 Å². The van der Waals surface area contributed by atoms with E-state index < -0.39 is 9.35 Å². The van der Waals surface area contributed by atoms with Gasteiger partial charge in [-0.05, 0) is 37.4 Å². The van der Waals surface area contributed by atoms with Crippen molar-refractivity contribution in [3.63, 3.8) is 0 Å². The van der Waals surface area contributed by atoms with E-state index in [1.807, 2.05) is 0 Å². The van der Waals surface area contributed by atoms with E-state index in [4.69, 9.17) is 0 Å². The molecule has 0 aromatic heterocycles. The SMILES string of the molecule is CCCC(C)CN[SH](C)(C)(C)C. The number of thiol groups is 1. The monoisotopic (exact) mass is 193 g/mol. The van der Waals surface area contributed by atoms with Crippen LogP contribution in [0.2, 0.25) is 0 Å². The second-order valence-corrected chi connectivity index (χ2v) is 13.3. The van der Waals surface area contributed by atoms with Gasteiger partial charge in [0, 0.05) is 6.54 Å². The molecule has 0 aromatic carbocycles. The van der Waals surface area contributed by atoms with Crippen LogP contribution in [0.5, 0.6) is 0 Å². The van der Waals surface area contributed by atoms with Gasteiger partial charge in [-0.1, -0.05) is 20.3 Å². The zero-order chi connectivity index (χ0) is 9.85. The molecule has 0 spiro atoms. The molecule has 78 valence electrons. The van der Waals surface area contributed by atoms with Gasteiger partial charge in [-0.3, -0.25) is 14.1 Å². The molecule has 0 saturated carbocycles. The highest BCUT2D eigenvalue weighted by Gasteiger charge is 2.17. The lowest BCUT2D eigenvalue weighted by molar-refractivity contribution is 0.520. The summed E-state index contributed by atoms with van der Waals surface area (Å²) in [4.78, 5) is 0. The van der Waals surface area contributed by atoms with Crippen molar-refractivity contribution in [2.24, 2.45) is 5.92 Å². The predicted octanol–water partition coefficient (Wildman–Crippen LogP) is 2.52. The molecular formula is C10H27NS. The molecule has 1 unspecified atom stereocenters. The maximum atomic E-state index is 3.71. The van der Waals surface area contributed by atoms with Crippen LogP contribution < -0.4 is 4.72 Å². The minimum atomic E-state index is -1.45. The van der Waals surface area contributed by atoms with Crippen molar-refractivity contribution in [2.75, 3.05) is 31.6 Å². The molecule has 12 heavy (non-hydrogen) atoms. The van der Waals surface area contributed by atoms with Gasteiger partial charge >= 0.3 is 0 Å². The average molecular weight is 193 g/mol. The van der Waals surface area contributed by atoms with Gasteiger partial charge in [0.15, 0.2) is 0 Å². The van der Waals surface area contributed by atoms with Crippen LogP contribution in [0, 0.1) is 5.92 Å². The standard InChI is InChI=1S/C10H27NS/c1-7-8-10(2)9-11-12(3,4,5)6/h10-12H,7-9H2,1-6H3. The van der Waals surface area contributed by atoms with E-state index in [-0.39, 0.29) is 0 Å². The van der Waals surface area contributed by atoms with Gasteiger partial charge in [-0.2, -0.15) is 0 Å². The van der Waals surface area contributed by atoms with E-state index >= 15 is 0 Å². The lowest BCUT2D eigenvalue weighted by Gasteiger charge is -2.49. The largest absolute Gasteiger partial charge is 0.297 e. The third-order valence-electron chi connectivity index (χ3n) is 1.85. The Hall–Kier alpha value is 0.310. The highest BCUT2D eigenvalue weighted by atomic mass is 32.3. The van der Waals surface area contributed by atoms with E-state index in [9.17, 15) is 0 Å². The van der Waals surface area contributed by atoms with Crippen LogP contribution in [0.3, 0.4) is 0 Å². The Balaban J connectivity index is 3.69. The smallest absolute Gasteiger partial charge is 0.00528 e. The Kier molecular flexibility index (Phi) is 4.12. The Morgan fingerprint density at radius 2 is 1.67 bits per heavy atom. The van der Waals surface area contributed by atoms with Crippen LogP contribution in [0.25, 0.3) is 0 Å². The van der Waals surface area contributed by atoms with Crippen LogP contribution in [0.15, 0.2) is 0 Å². The predicted molar refractivity (Wildman–Crippen MR) is 64.8 cm³/mol. The first-order valence-electron chi connectivity index (χ1n) is 4.97. The number of hydrogen-bond donors (Lipinski definition) is 2. The molecule has 1 N–H and O–H groups in total. The second-order valence-electron chi connectivity index (χ2n) is 5.83. The van der Waals surface area contributed by atoms with Crippen molar-refractivity contribution in [1.82, 2.24) is 4.72 Å². The maximum Gasteiger partial charge on any atom is 0.00528 e. The molecule has 1 atom stereocenters. The Morgan fingerprint density at radius 3 is 2.00 bits per heavy atom. The molecule has 0 aliphatic heterocycles. The van der Waals surface area contributed by atoms with Crippen molar-refractivity contribution in [1.29, 1.82) is 0 Å². The fraction of sp³-hybridized carbons (Fsp3) is 1.00. The molecule has 0 bridgehead atoms. The van der Waals surface area contributed by atoms with Crippen molar-refractivity contribution in [3.05, 3.63) is 0 Å². The van der Waals surface area contributed by atoms with Crippen LogP contribution in [0.1, 0.15) is 26.7 Å². The van der Waals surface area contributed by atoms with Gasteiger partial charge in [0.1, 0.15) is 0 Å². The Morgan fingerprint density at radius 1 is 1.17 bits per heavy atom. The average Bonchev–Trinajstić information content (AvgIpc) is 1.82. The molecule has 0 rings (SSSR count). The summed E-state index contributed by atoms with van der Waals surface area (Å²) in [5.74, 6) is 0.830. The van der Waals surface area contributed by atoms with Gasteiger partial charge in [0.05, 0.1) is 0 Å². The van der Waals surface area contributed by atoms with Crippen LogP contribution in [0.4, 0.5) is 0 Å². The van der Waals surface area contributed by atoms with Gasteiger partial charge in [0.25, 0.3) is 0 Å². The van der Waals surface area contributed by atoms with Crippen LogP contribution >= 0.6 is 9.35 Å². The molecule has 1 nitrogen and oxygen atoms in total. The number of nitrogens with one attached hydrogen (secondary N) is 1. The van der Waals surface area contributed by atoms with Crippen molar-refractivity contribution in [3.8, 4) is 0 Å². The van der Waals surface area contributed by atoms with Crippen molar-refractivity contribution < 1.29 is 0 Å². The topological polar surface area (TPSA) is 12.0 Å². The normalized spacial score (nSPS) is 18.3. The number of rotatable bonds is 5. The zero-order valence-corrected chi connectivity index (χ0v) is 10.5. The molecule has 0 radical (unpaired) electrons. The summed E-state index contributed by atoms with van der Waals surface area (Å²) in [6.45, 7) is 5.77. The third-order valence-corrected chi connectivity index (χ3v) is 3.30. The van der Waals surface area contributed by atoms with Gasteiger partial charge in [0.2, 0.25) is 0 Å². The van der Waals surface area contributed by atoms with Crippen molar-refractivity contribution >= 4 is 9.35 Å². The first-order chi connectivity index (χ1) is 5.21. The highest BCUT2D eigenvalue weighted by molar-refractivity contribution is 8.46. The fourth-order valence-corrected chi connectivity index (χ4v) is 2.16. The minimum absolute atomic E-state index is 0.830. The first-order valence-corrected chi connectivity index (χ1v) is 8.99. The highest BCUT2D eigenvalue weighted by Crippen LogP contribution is 2.50. The Bertz CT molecular complexity index is 125. The Labute approximate surface area is 78.7 Å². The third kappa shape index (κ3) is 8.41. The second kappa shape index (κ2) is 4.01. The summed E-state index contributed by atoms with van der Waals surface area (Å²) in [7, 11) is -1.45. The molecule has 2 heteroatoms. The maximum absolute atomic E-state index is 3.71. The van der Waals surface area contributed by atoms with Crippen LogP contribution in [-0.4, -0.2) is 31.6 Å². The summed E-state index contributed by atoms with van der Waals surface area (Å²) >= 11 is 0. The summed E-state index contributed by atoms with van der Waals surface area (Å²) in [5, 5.41) is 0. The molecular weight excluding hydrogens is 166 g/mol. The van der Waals surface area contributed by atoms with E-state index in [0.717, 1.165) is 5.92 Å². The summed E-state index contributed by atoms with van der Waals surface area (Å²) < 4.78 is 3.71. The molecule has 0 saturated heterocycles. The quantitative estimate of drug-likeness (QED) is 0.639. The zero-order valence-electron chi connectivity index (χ0n) is 9.65. The van der Waals surface area contributed by atoms with E-state index in [2.05, 4.69) is 43.6 Å². The molecule has 0 aliphatic rings. The fourth-order valence-electron chi connectivity index (χ4n) is 1.12. The van der Waals surface area contributed by atoms with E-state index in [1.165, 1.54) is 19.4 Å². The first kappa shape index (κ1) is 12.3. The number of hydrogen-bond acceptors (Lipinski definition) is 1. The minimum Gasteiger partial charge on any atom is -0.297 e. The molecule has 0 fully saturated rings. The van der Waals surface area contributed by atoms with Gasteiger partial charge < -0.3 is 0 Å². The molecule has 0 aromatic rings. The summed E-state index contributed by atoms with van der Waals surface area (Å²) in [5.41, 5.74) is 0. The molecule has 0 heterocycles. The van der Waals surface area contributed by atoms with Crippen LogP contribution in [-0.2, 0) is 0 Å². The lowest BCUT2D eigenvalue weighted by atomic mass is 10.1. The summed E-state index contributed by atoms with van der Waals surface area (Å²) in [6, 6.07) is 0. The molecule has 0 aliphatic carbocycles.